The first-order valence-corrected chi connectivity index (χ1v) is 21.5. The second kappa shape index (κ2) is 18.9. The van der Waals surface area contributed by atoms with E-state index in [9.17, 15) is 5.11 Å². The lowest BCUT2D eigenvalue weighted by Gasteiger charge is -2.07. The SMILES string of the molecule is Brc1ccc2oc3cc4ccccc4cc3c2c1.OB(O)c1ccc2ccccc2c1.Oc1ccc(Br)cc1-c1ccc2ccccc2c1.Oc1ccc(Br)cc1I. The van der Waals surface area contributed by atoms with Crippen molar-refractivity contribution >= 4 is 137 Å². The van der Waals surface area contributed by atoms with Gasteiger partial charge in [0.2, 0.25) is 0 Å². The number of hydrogen-bond donors (Lipinski definition) is 4. The highest BCUT2D eigenvalue weighted by Crippen LogP contribution is 2.35. The molecule has 0 spiro atoms. The molecule has 4 N–H and O–H groups in total. The number of fused-ring (bicyclic) bond motifs is 6. The van der Waals surface area contributed by atoms with Crippen molar-refractivity contribution in [1.82, 2.24) is 0 Å². The van der Waals surface area contributed by atoms with Gasteiger partial charge in [0.05, 0.1) is 3.57 Å². The molecular formula is C48H33BBr3IO5. The van der Waals surface area contributed by atoms with E-state index in [1.54, 1.807) is 30.3 Å². The lowest BCUT2D eigenvalue weighted by molar-refractivity contribution is 0.426. The summed E-state index contributed by atoms with van der Waals surface area (Å²) in [5.41, 5.74) is 4.27. The predicted octanol–water partition coefficient (Wildman–Crippen LogP) is 13.8. The maximum absolute atomic E-state index is 9.94. The highest BCUT2D eigenvalue weighted by Gasteiger charge is 2.11. The summed E-state index contributed by atoms with van der Waals surface area (Å²) in [4.78, 5) is 0. The third kappa shape index (κ3) is 10.1. The first-order valence-electron chi connectivity index (χ1n) is 18.0. The van der Waals surface area contributed by atoms with Crippen LogP contribution in [0.3, 0.4) is 0 Å². The number of phenols is 2. The Hall–Kier alpha value is -4.69. The molecule has 0 radical (unpaired) electrons. The van der Waals surface area contributed by atoms with Crippen molar-refractivity contribution < 1.29 is 24.7 Å². The zero-order chi connectivity index (χ0) is 40.8. The number of hydrogen-bond acceptors (Lipinski definition) is 5. The van der Waals surface area contributed by atoms with E-state index in [0.717, 1.165) is 55.4 Å². The lowest BCUT2D eigenvalue weighted by atomic mass is 9.79. The minimum absolute atomic E-state index is 0.300. The molecular weight excluding hydrogens is 1030 g/mol. The fourth-order valence-corrected chi connectivity index (χ4v) is 8.41. The Morgan fingerprint density at radius 1 is 0.431 bits per heavy atom. The Morgan fingerprint density at radius 3 is 1.55 bits per heavy atom. The molecule has 0 saturated carbocycles. The van der Waals surface area contributed by atoms with E-state index in [-0.39, 0.29) is 0 Å². The van der Waals surface area contributed by atoms with Crippen molar-refractivity contribution in [2.45, 2.75) is 0 Å². The molecule has 5 nitrogen and oxygen atoms in total. The number of phenolic OH excluding ortho intramolecular Hbond substituents is 2. The van der Waals surface area contributed by atoms with Gasteiger partial charge in [-0.05, 0) is 139 Å². The van der Waals surface area contributed by atoms with Gasteiger partial charge in [0, 0.05) is 29.8 Å². The van der Waals surface area contributed by atoms with Crippen LogP contribution in [-0.4, -0.2) is 27.4 Å². The van der Waals surface area contributed by atoms with E-state index < -0.39 is 7.12 Å². The highest BCUT2D eigenvalue weighted by molar-refractivity contribution is 14.1. The maximum atomic E-state index is 9.94. The topological polar surface area (TPSA) is 94.1 Å². The minimum atomic E-state index is -1.38. The van der Waals surface area contributed by atoms with Crippen LogP contribution in [0.15, 0.2) is 194 Å². The van der Waals surface area contributed by atoms with E-state index >= 15 is 0 Å². The quantitative estimate of drug-likeness (QED) is 0.102. The smallest absolute Gasteiger partial charge is 0.488 e. The van der Waals surface area contributed by atoms with Gasteiger partial charge in [-0.3, -0.25) is 0 Å². The van der Waals surface area contributed by atoms with Crippen LogP contribution in [0.2, 0.25) is 0 Å². The standard InChI is InChI=1S/C16H9BrO.C16H11BrO.C10H9BO2.C6H4BrIO/c17-12-5-6-15-14(9-12)13-7-10-3-1-2-4-11(10)8-16(13)18-15;17-14-7-8-16(18)15(10-14)13-6-5-11-3-1-2-4-12(11)9-13;12-11(13)10-6-5-8-3-1-2-4-9(8)7-10;7-4-1-2-6(9)5(8)3-4/h1-9H;1-10,18H;1-7,12-13H;1-3,9H. The summed E-state index contributed by atoms with van der Waals surface area (Å²) in [6.07, 6.45) is 0. The second-order valence-electron chi connectivity index (χ2n) is 13.2. The first-order chi connectivity index (χ1) is 28.0. The minimum Gasteiger partial charge on any atom is -0.507 e. The second-order valence-corrected chi connectivity index (χ2v) is 17.1. The number of benzene rings is 9. The third-order valence-corrected chi connectivity index (χ3v) is 11.6. The highest BCUT2D eigenvalue weighted by atomic mass is 127. The van der Waals surface area contributed by atoms with Crippen molar-refractivity contribution in [2.75, 3.05) is 0 Å². The summed E-state index contributed by atoms with van der Waals surface area (Å²) in [6.45, 7) is 0. The van der Waals surface area contributed by atoms with Gasteiger partial charge in [0.15, 0.2) is 0 Å². The van der Waals surface area contributed by atoms with Crippen LogP contribution >= 0.6 is 70.4 Å². The van der Waals surface area contributed by atoms with E-state index in [1.807, 2.05) is 84.9 Å². The van der Waals surface area contributed by atoms with Gasteiger partial charge in [-0.15, -0.1) is 0 Å². The number of halogens is 4. The third-order valence-electron chi connectivity index (χ3n) is 9.30. The predicted molar refractivity (Wildman–Crippen MR) is 260 cm³/mol. The summed E-state index contributed by atoms with van der Waals surface area (Å²) in [6, 6.07) is 57.2. The summed E-state index contributed by atoms with van der Waals surface area (Å²) >= 11 is 12.3. The van der Waals surface area contributed by atoms with Crippen LogP contribution in [0.5, 0.6) is 11.5 Å². The summed E-state index contributed by atoms with van der Waals surface area (Å²) in [5.74, 6) is 0.632. The van der Waals surface area contributed by atoms with Gasteiger partial charge in [0.25, 0.3) is 0 Å². The molecule has 0 amide bonds. The zero-order valence-electron chi connectivity index (χ0n) is 30.5. The zero-order valence-corrected chi connectivity index (χ0v) is 37.4. The summed E-state index contributed by atoms with van der Waals surface area (Å²) in [7, 11) is -1.38. The molecule has 1 heterocycles. The molecule has 0 bridgehead atoms. The average Bonchev–Trinajstić information content (AvgIpc) is 3.59. The van der Waals surface area contributed by atoms with Gasteiger partial charge in [0.1, 0.15) is 22.7 Å². The molecule has 58 heavy (non-hydrogen) atoms. The van der Waals surface area contributed by atoms with Crippen LogP contribution in [0.4, 0.5) is 0 Å². The van der Waals surface area contributed by atoms with E-state index in [4.69, 9.17) is 19.6 Å². The van der Waals surface area contributed by atoms with E-state index in [0.29, 0.717) is 17.0 Å². The van der Waals surface area contributed by atoms with Gasteiger partial charge < -0.3 is 24.7 Å². The fraction of sp³-hybridized carbons (Fsp3) is 0. The molecule has 9 aromatic carbocycles. The van der Waals surface area contributed by atoms with Crippen LogP contribution in [0.25, 0.3) is 65.4 Å². The Labute approximate surface area is 374 Å². The van der Waals surface area contributed by atoms with Gasteiger partial charge in [-0.2, -0.15) is 0 Å². The molecule has 10 rings (SSSR count). The molecule has 1 aromatic heterocycles. The Kier molecular flexibility index (Phi) is 13.5. The van der Waals surface area contributed by atoms with Crippen molar-refractivity contribution in [2.24, 2.45) is 0 Å². The first kappa shape index (κ1) is 41.5. The van der Waals surface area contributed by atoms with Crippen LogP contribution in [-0.2, 0) is 0 Å². The molecule has 286 valence electrons. The van der Waals surface area contributed by atoms with Gasteiger partial charge in [-0.1, -0.05) is 151 Å². The number of aromatic hydroxyl groups is 2. The maximum Gasteiger partial charge on any atom is 0.488 e. The van der Waals surface area contributed by atoms with Crippen molar-refractivity contribution in [3.63, 3.8) is 0 Å². The van der Waals surface area contributed by atoms with Gasteiger partial charge >= 0.3 is 7.12 Å². The fourth-order valence-electron chi connectivity index (χ4n) is 6.38. The Balaban J connectivity index is 0.000000122. The molecule has 0 saturated heterocycles. The van der Waals surface area contributed by atoms with E-state index in [2.05, 4.69) is 131 Å². The molecule has 0 fully saturated rings. The lowest BCUT2D eigenvalue weighted by Crippen LogP contribution is -2.29. The molecule has 0 unspecified atom stereocenters. The Bertz CT molecular complexity index is 3040. The summed E-state index contributed by atoms with van der Waals surface area (Å²) < 4.78 is 9.78. The van der Waals surface area contributed by atoms with Crippen LogP contribution in [0, 0.1) is 3.57 Å². The molecule has 10 heteroatoms. The van der Waals surface area contributed by atoms with E-state index in [1.165, 1.54) is 26.9 Å². The average molecular weight is 1070 g/mol. The number of furan rings is 1. The molecule has 0 aliphatic rings. The van der Waals surface area contributed by atoms with Crippen LogP contribution < -0.4 is 5.46 Å². The van der Waals surface area contributed by atoms with Gasteiger partial charge in [-0.25, -0.2) is 0 Å². The van der Waals surface area contributed by atoms with Crippen molar-refractivity contribution in [3.05, 3.63) is 193 Å². The number of rotatable bonds is 2. The summed E-state index contributed by atoms with van der Waals surface area (Å²) in [5, 5.41) is 46.1. The molecule has 0 aliphatic carbocycles. The Morgan fingerprint density at radius 2 is 0.931 bits per heavy atom. The van der Waals surface area contributed by atoms with Crippen molar-refractivity contribution in [3.8, 4) is 22.6 Å². The monoisotopic (exact) mass is 1060 g/mol. The van der Waals surface area contributed by atoms with Crippen LogP contribution in [0.1, 0.15) is 0 Å². The molecule has 0 atom stereocenters. The largest absolute Gasteiger partial charge is 0.507 e. The normalized spacial score (nSPS) is 10.7. The molecule has 10 aromatic rings. The van der Waals surface area contributed by atoms with Crippen molar-refractivity contribution in [1.29, 1.82) is 0 Å². The molecule has 0 aliphatic heterocycles.